The molecule has 1 rings (SSSR count). The van der Waals surface area contributed by atoms with E-state index in [9.17, 15) is 4.79 Å². The first kappa shape index (κ1) is 10.3. The van der Waals surface area contributed by atoms with Gasteiger partial charge in [-0.2, -0.15) is 0 Å². The van der Waals surface area contributed by atoms with E-state index >= 15 is 0 Å². The van der Waals surface area contributed by atoms with E-state index in [1.807, 2.05) is 0 Å². The summed E-state index contributed by atoms with van der Waals surface area (Å²) < 4.78 is 0. The molecule has 0 aliphatic heterocycles. The maximum absolute atomic E-state index is 11.0. The highest BCUT2D eigenvalue weighted by Crippen LogP contribution is 2.36. The Morgan fingerprint density at radius 3 is 2.54 bits per heavy atom. The molecule has 0 aromatic carbocycles. The largest absolute Gasteiger partial charge is 0.481 e. The molecule has 2 nitrogen and oxygen atoms in total. The summed E-state index contributed by atoms with van der Waals surface area (Å²) in [6, 6.07) is 0. The minimum Gasteiger partial charge on any atom is -0.481 e. The lowest BCUT2D eigenvalue weighted by Crippen LogP contribution is -2.27. The summed E-state index contributed by atoms with van der Waals surface area (Å²) in [7, 11) is 0. The molecule has 0 saturated heterocycles. The molecule has 0 aromatic rings. The van der Waals surface area contributed by atoms with Gasteiger partial charge in [0.05, 0.1) is 5.41 Å². The quantitative estimate of drug-likeness (QED) is 0.679. The van der Waals surface area contributed by atoms with Gasteiger partial charge in [0, 0.05) is 0 Å². The number of aliphatic carboxylic acids is 1. The van der Waals surface area contributed by atoms with Gasteiger partial charge in [0.1, 0.15) is 0 Å². The van der Waals surface area contributed by atoms with E-state index in [1.54, 1.807) is 13.0 Å². The summed E-state index contributed by atoms with van der Waals surface area (Å²) in [6.07, 6.45) is 7.24. The van der Waals surface area contributed by atoms with Crippen LogP contribution >= 0.6 is 0 Å². The summed E-state index contributed by atoms with van der Waals surface area (Å²) in [4.78, 5) is 11.0. The van der Waals surface area contributed by atoms with Crippen molar-refractivity contribution in [3.63, 3.8) is 0 Å². The fourth-order valence-electron chi connectivity index (χ4n) is 2.07. The highest BCUT2D eigenvalue weighted by Gasteiger charge is 2.33. The van der Waals surface area contributed by atoms with Gasteiger partial charge in [-0.25, -0.2) is 0 Å². The number of carbonyl (C=O) groups is 1. The summed E-state index contributed by atoms with van der Waals surface area (Å²) in [5.74, 6) is -0.145. The molecule has 0 spiro atoms. The SMILES string of the molecule is C=CC(C)(CC1CCCC1)C(=O)O. The third-order valence-corrected chi connectivity index (χ3v) is 3.13. The molecule has 1 aliphatic rings. The summed E-state index contributed by atoms with van der Waals surface area (Å²) >= 11 is 0. The molecule has 1 fully saturated rings. The van der Waals surface area contributed by atoms with Crippen LogP contribution in [0.3, 0.4) is 0 Å². The summed E-state index contributed by atoms with van der Waals surface area (Å²) in [5.41, 5.74) is -0.713. The minimum atomic E-state index is -0.741. The predicted molar refractivity (Wildman–Crippen MR) is 52.5 cm³/mol. The van der Waals surface area contributed by atoms with Crippen molar-refractivity contribution in [3.8, 4) is 0 Å². The van der Waals surface area contributed by atoms with Crippen molar-refractivity contribution in [2.75, 3.05) is 0 Å². The molecule has 1 saturated carbocycles. The molecule has 13 heavy (non-hydrogen) atoms. The Hall–Kier alpha value is -0.790. The number of rotatable bonds is 4. The lowest BCUT2D eigenvalue weighted by molar-refractivity contribution is -0.146. The van der Waals surface area contributed by atoms with E-state index in [2.05, 4.69) is 6.58 Å². The first-order chi connectivity index (χ1) is 6.08. The van der Waals surface area contributed by atoms with Crippen LogP contribution in [0.2, 0.25) is 0 Å². The lowest BCUT2D eigenvalue weighted by atomic mass is 9.80. The molecule has 0 radical (unpaired) electrons. The molecular weight excluding hydrogens is 164 g/mol. The zero-order valence-corrected chi connectivity index (χ0v) is 8.25. The first-order valence-electron chi connectivity index (χ1n) is 4.95. The minimum absolute atomic E-state index is 0.596. The van der Waals surface area contributed by atoms with E-state index in [-0.39, 0.29) is 0 Å². The molecule has 0 amide bonds. The van der Waals surface area contributed by atoms with Crippen LogP contribution in [0.25, 0.3) is 0 Å². The Balaban J connectivity index is 2.56. The fourth-order valence-corrected chi connectivity index (χ4v) is 2.07. The zero-order chi connectivity index (χ0) is 9.90. The van der Waals surface area contributed by atoms with Crippen molar-refractivity contribution < 1.29 is 9.90 Å². The summed E-state index contributed by atoms with van der Waals surface area (Å²) in [6.45, 7) is 5.38. The molecule has 0 bridgehead atoms. The monoisotopic (exact) mass is 182 g/mol. The molecule has 1 N–H and O–H groups in total. The first-order valence-corrected chi connectivity index (χ1v) is 4.95. The Labute approximate surface area is 79.6 Å². The number of carboxylic acids is 1. The highest BCUT2D eigenvalue weighted by molar-refractivity contribution is 5.76. The van der Waals surface area contributed by atoms with Gasteiger partial charge in [-0.05, 0) is 19.3 Å². The van der Waals surface area contributed by atoms with Crippen molar-refractivity contribution in [3.05, 3.63) is 12.7 Å². The van der Waals surface area contributed by atoms with E-state index in [0.717, 1.165) is 6.42 Å². The van der Waals surface area contributed by atoms with Crippen molar-refractivity contribution >= 4 is 5.97 Å². The van der Waals surface area contributed by atoms with Gasteiger partial charge in [-0.3, -0.25) is 4.79 Å². The van der Waals surface area contributed by atoms with Gasteiger partial charge in [0.15, 0.2) is 0 Å². The van der Waals surface area contributed by atoms with E-state index < -0.39 is 11.4 Å². The highest BCUT2D eigenvalue weighted by atomic mass is 16.4. The maximum Gasteiger partial charge on any atom is 0.313 e. The van der Waals surface area contributed by atoms with Gasteiger partial charge < -0.3 is 5.11 Å². The molecule has 0 heterocycles. The molecule has 0 aromatic heterocycles. The average Bonchev–Trinajstić information content (AvgIpc) is 2.56. The van der Waals surface area contributed by atoms with Crippen LogP contribution < -0.4 is 0 Å². The van der Waals surface area contributed by atoms with Crippen LogP contribution in [0.4, 0.5) is 0 Å². The molecule has 1 unspecified atom stereocenters. The van der Waals surface area contributed by atoms with Gasteiger partial charge in [0.2, 0.25) is 0 Å². The molecule has 1 aliphatic carbocycles. The number of carboxylic acid groups (broad SMARTS) is 1. The average molecular weight is 182 g/mol. The topological polar surface area (TPSA) is 37.3 Å². The third kappa shape index (κ3) is 2.33. The van der Waals surface area contributed by atoms with Crippen LogP contribution in [0, 0.1) is 11.3 Å². The lowest BCUT2D eigenvalue weighted by Gasteiger charge is -2.23. The molecular formula is C11H18O2. The Bertz CT molecular complexity index is 204. The third-order valence-electron chi connectivity index (χ3n) is 3.13. The van der Waals surface area contributed by atoms with Gasteiger partial charge >= 0.3 is 5.97 Å². The number of hydrogen-bond donors (Lipinski definition) is 1. The predicted octanol–water partition coefficient (Wildman–Crippen LogP) is 2.84. The van der Waals surface area contributed by atoms with E-state index in [4.69, 9.17) is 5.11 Å². The van der Waals surface area contributed by atoms with Crippen molar-refractivity contribution in [2.24, 2.45) is 11.3 Å². The fraction of sp³-hybridized carbons (Fsp3) is 0.727. The second-order valence-corrected chi connectivity index (χ2v) is 4.28. The zero-order valence-electron chi connectivity index (χ0n) is 8.25. The molecule has 74 valence electrons. The normalized spacial score (nSPS) is 22.5. The van der Waals surface area contributed by atoms with Crippen LogP contribution in [0.1, 0.15) is 39.0 Å². The van der Waals surface area contributed by atoms with E-state index in [1.165, 1.54) is 25.7 Å². The van der Waals surface area contributed by atoms with Crippen LogP contribution in [-0.2, 0) is 4.79 Å². The summed E-state index contributed by atoms with van der Waals surface area (Å²) in [5, 5.41) is 9.02. The van der Waals surface area contributed by atoms with Crippen molar-refractivity contribution in [1.82, 2.24) is 0 Å². The Morgan fingerprint density at radius 1 is 1.62 bits per heavy atom. The van der Waals surface area contributed by atoms with Crippen LogP contribution in [0.5, 0.6) is 0 Å². The second kappa shape index (κ2) is 3.95. The van der Waals surface area contributed by atoms with Crippen LogP contribution in [0.15, 0.2) is 12.7 Å². The van der Waals surface area contributed by atoms with Crippen molar-refractivity contribution in [2.45, 2.75) is 39.0 Å². The molecule has 1 atom stereocenters. The van der Waals surface area contributed by atoms with Gasteiger partial charge in [-0.15, -0.1) is 6.58 Å². The van der Waals surface area contributed by atoms with Crippen molar-refractivity contribution in [1.29, 1.82) is 0 Å². The van der Waals surface area contributed by atoms with E-state index in [0.29, 0.717) is 5.92 Å². The Morgan fingerprint density at radius 2 is 2.15 bits per heavy atom. The maximum atomic E-state index is 11.0. The second-order valence-electron chi connectivity index (χ2n) is 4.28. The molecule has 2 heteroatoms. The smallest absolute Gasteiger partial charge is 0.313 e. The van der Waals surface area contributed by atoms with Gasteiger partial charge in [-0.1, -0.05) is 31.8 Å². The van der Waals surface area contributed by atoms with Crippen LogP contribution in [-0.4, -0.2) is 11.1 Å². The standard InChI is InChI=1S/C11H18O2/c1-3-11(2,10(12)13)8-9-6-4-5-7-9/h3,9H,1,4-8H2,2H3,(H,12,13). The Kier molecular flexibility index (Phi) is 3.12. The number of hydrogen-bond acceptors (Lipinski definition) is 1. The van der Waals surface area contributed by atoms with Gasteiger partial charge in [0.25, 0.3) is 0 Å².